The van der Waals surface area contributed by atoms with Gasteiger partial charge in [-0.05, 0) is 44.4 Å². The van der Waals surface area contributed by atoms with Gasteiger partial charge in [0.2, 0.25) is 0 Å². The summed E-state index contributed by atoms with van der Waals surface area (Å²) in [6, 6.07) is 5.69. The first-order valence-electron chi connectivity index (χ1n) is 8.00. The molecule has 1 aromatic carbocycles. The van der Waals surface area contributed by atoms with E-state index in [1.165, 1.54) is 25.7 Å². The highest BCUT2D eigenvalue weighted by molar-refractivity contribution is 5.56. The summed E-state index contributed by atoms with van der Waals surface area (Å²) in [6.45, 7) is 7.22. The fraction of sp³-hybridized carbons (Fsp3) is 0.647. The van der Waals surface area contributed by atoms with Gasteiger partial charge in [-0.15, -0.1) is 0 Å². The van der Waals surface area contributed by atoms with Crippen LogP contribution in [0.5, 0.6) is 0 Å². The number of hydrogen-bond donors (Lipinski definition) is 1. The van der Waals surface area contributed by atoms with E-state index in [1.54, 1.807) is 6.07 Å². The SMILES string of the molecule is CCCNC(C)c1cccc(F)c1N1CCCCCC1. The first-order chi connectivity index (χ1) is 9.74. The van der Waals surface area contributed by atoms with Gasteiger partial charge in [-0.3, -0.25) is 0 Å². The van der Waals surface area contributed by atoms with Gasteiger partial charge in [-0.2, -0.15) is 0 Å². The highest BCUT2D eigenvalue weighted by Gasteiger charge is 2.20. The van der Waals surface area contributed by atoms with Gasteiger partial charge in [-0.1, -0.05) is 31.9 Å². The first-order valence-corrected chi connectivity index (χ1v) is 8.00. The summed E-state index contributed by atoms with van der Waals surface area (Å²) in [5.74, 6) is -0.0745. The van der Waals surface area contributed by atoms with E-state index in [-0.39, 0.29) is 11.9 Å². The first kappa shape index (κ1) is 15.3. The average Bonchev–Trinajstić information content (AvgIpc) is 2.73. The van der Waals surface area contributed by atoms with Gasteiger partial charge in [0.25, 0.3) is 0 Å². The molecule has 0 radical (unpaired) electrons. The van der Waals surface area contributed by atoms with Crippen molar-refractivity contribution in [3.05, 3.63) is 29.6 Å². The number of rotatable bonds is 5. The molecule has 20 heavy (non-hydrogen) atoms. The molecule has 1 aromatic rings. The Morgan fingerprint density at radius 2 is 1.90 bits per heavy atom. The molecule has 1 N–H and O–H groups in total. The Bertz CT molecular complexity index is 411. The highest BCUT2D eigenvalue weighted by atomic mass is 19.1. The number of benzene rings is 1. The minimum Gasteiger partial charge on any atom is -0.369 e. The zero-order chi connectivity index (χ0) is 14.4. The Labute approximate surface area is 122 Å². The van der Waals surface area contributed by atoms with E-state index in [4.69, 9.17) is 0 Å². The minimum atomic E-state index is -0.0745. The predicted octanol–water partition coefficient (Wildman–Crippen LogP) is 4.27. The van der Waals surface area contributed by atoms with E-state index in [9.17, 15) is 4.39 Å². The molecule has 1 unspecified atom stereocenters. The van der Waals surface area contributed by atoms with Crippen molar-refractivity contribution >= 4 is 5.69 Å². The molecule has 3 heteroatoms. The van der Waals surface area contributed by atoms with Gasteiger partial charge < -0.3 is 10.2 Å². The second-order valence-electron chi connectivity index (χ2n) is 5.75. The Hall–Kier alpha value is -1.09. The highest BCUT2D eigenvalue weighted by Crippen LogP contribution is 2.31. The van der Waals surface area contributed by atoms with Gasteiger partial charge in [0.15, 0.2) is 0 Å². The lowest BCUT2D eigenvalue weighted by atomic mass is 10.0. The smallest absolute Gasteiger partial charge is 0.146 e. The molecule has 2 rings (SSSR count). The van der Waals surface area contributed by atoms with Gasteiger partial charge in [-0.25, -0.2) is 4.39 Å². The topological polar surface area (TPSA) is 15.3 Å². The van der Waals surface area contributed by atoms with Crippen molar-refractivity contribution in [1.82, 2.24) is 5.32 Å². The molecular weight excluding hydrogens is 251 g/mol. The molecule has 1 aliphatic rings. The largest absolute Gasteiger partial charge is 0.369 e. The molecule has 0 aliphatic carbocycles. The molecule has 1 saturated heterocycles. The van der Waals surface area contributed by atoms with Crippen molar-refractivity contribution in [2.45, 2.75) is 52.0 Å². The summed E-state index contributed by atoms with van der Waals surface area (Å²) in [5.41, 5.74) is 1.92. The fourth-order valence-electron chi connectivity index (χ4n) is 2.98. The van der Waals surface area contributed by atoms with Crippen LogP contribution in [0.25, 0.3) is 0 Å². The van der Waals surface area contributed by atoms with Crippen molar-refractivity contribution in [3.8, 4) is 0 Å². The quantitative estimate of drug-likeness (QED) is 0.865. The zero-order valence-electron chi connectivity index (χ0n) is 12.8. The van der Waals surface area contributed by atoms with Gasteiger partial charge in [0.1, 0.15) is 5.82 Å². The van der Waals surface area contributed by atoms with Crippen LogP contribution in [0.15, 0.2) is 18.2 Å². The van der Waals surface area contributed by atoms with Crippen LogP contribution in [0.4, 0.5) is 10.1 Å². The third-order valence-corrected chi connectivity index (χ3v) is 4.11. The van der Waals surface area contributed by atoms with Crippen LogP contribution in [0.3, 0.4) is 0 Å². The second-order valence-corrected chi connectivity index (χ2v) is 5.75. The van der Waals surface area contributed by atoms with Crippen molar-refractivity contribution in [1.29, 1.82) is 0 Å². The third kappa shape index (κ3) is 3.72. The minimum absolute atomic E-state index is 0.0745. The van der Waals surface area contributed by atoms with E-state index >= 15 is 0 Å². The number of hydrogen-bond acceptors (Lipinski definition) is 2. The van der Waals surface area contributed by atoms with E-state index in [0.29, 0.717) is 0 Å². The van der Waals surface area contributed by atoms with Crippen LogP contribution in [0.2, 0.25) is 0 Å². The lowest BCUT2D eigenvalue weighted by Gasteiger charge is -2.28. The molecule has 112 valence electrons. The summed E-state index contributed by atoms with van der Waals surface area (Å²) >= 11 is 0. The number of nitrogens with zero attached hydrogens (tertiary/aromatic N) is 1. The molecule has 0 amide bonds. The monoisotopic (exact) mass is 278 g/mol. The summed E-state index contributed by atoms with van der Waals surface area (Å²) < 4.78 is 14.4. The van der Waals surface area contributed by atoms with E-state index in [0.717, 1.165) is 37.3 Å². The van der Waals surface area contributed by atoms with Crippen LogP contribution in [0, 0.1) is 5.82 Å². The van der Waals surface area contributed by atoms with Crippen molar-refractivity contribution < 1.29 is 4.39 Å². The summed E-state index contributed by atoms with van der Waals surface area (Å²) in [4.78, 5) is 2.25. The molecule has 0 bridgehead atoms. The van der Waals surface area contributed by atoms with Crippen molar-refractivity contribution in [3.63, 3.8) is 0 Å². The van der Waals surface area contributed by atoms with Crippen LogP contribution >= 0.6 is 0 Å². The third-order valence-electron chi connectivity index (χ3n) is 4.11. The number of anilines is 1. The number of nitrogens with one attached hydrogen (secondary N) is 1. The van der Waals surface area contributed by atoms with E-state index in [1.807, 2.05) is 6.07 Å². The van der Waals surface area contributed by atoms with E-state index in [2.05, 4.69) is 30.1 Å². The molecule has 0 spiro atoms. The van der Waals surface area contributed by atoms with Gasteiger partial charge in [0, 0.05) is 19.1 Å². The second kappa shape index (κ2) is 7.63. The van der Waals surface area contributed by atoms with Gasteiger partial charge in [0.05, 0.1) is 5.69 Å². The summed E-state index contributed by atoms with van der Waals surface area (Å²) in [5, 5.41) is 3.48. The maximum absolute atomic E-state index is 14.4. The Morgan fingerprint density at radius 3 is 2.55 bits per heavy atom. The molecule has 1 aliphatic heterocycles. The standard InChI is InChI=1S/C17H27FN2/c1-3-11-19-14(2)15-9-8-10-16(18)17(15)20-12-6-4-5-7-13-20/h8-10,14,19H,3-7,11-13H2,1-2H3. The number of halogens is 1. The maximum atomic E-state index is 14.4. The summed E-state index contributed by atoms with van der Waals surface area (Å²) in [7, 11) is 0. The molecule has 1 fully saturated rings. The lowest BCUT2D eigenvalue weighted by molar-refractivity contribution is 0.558. The normalized spacial score (nSPS) is 17.9. The molecule has 1 heterocycles. The van der Waals surface area contributed by atoms with Crippen molar-refractivity contribution in [2.75, 3.05) is 24.5 Å². The van der Waals surface area contributed by atoms with E-state index < -0.39 is 0 Å². The van der Waals surface area contributed by atoms with Crippen LogP contribution in [-0.4, -0.2) is 19.6 Å². The molecule has 0 saturated carbocycles. The zero-order valence-corrected chi connectivity index (χ0v) is 12.8. The van der Waals surface area contributed by atoms with Crippen LogP contribution < -0.4 is 10.2 Å². The van der Waals surface area contributed by atoms with Crippen LogP contribution in [0.1, 0.15) is 57.6 Å². The van der Waals surface area contributed by atoms with Crippen molar-refractivity contribution in [2.24, 2.45) is 0 Å². The number of para-hydroxylation sites is 1. The average molecular weight is 278 g/mol. The Kier molecular flexibility index (Phi) is 5.84. The molecule has 1 atom stereocenters. The van der Waals surface area contributed by atoms with Gasteiger partial charge >= 0.3 is 0 Å². The fourth-order valence-corrected chi connectivity index (χ4v) is 2.98. The Balaban J connectivity index is 2.25. The Morgan fingerprint density at radius 1 is 1.20 bits per heavy atom. The molecule has 0 aromatic heterocycles. The summed E-state index contributed by atoms with van der Waals surface area (Å²) in [6.07, 6.45) is 5.97. The lowest BCUT2D eigenvalue weighted by Crippen LogP contribution is -2.28. The maximum Gasteiger partial charge on any atom is 0.146 e. The predicted molar refractivity (Wildman–Crippen MR) is 83.8 cm³/mol. The van der Waals surface area contributed by atoms with Crippen LogP contribution in [-0.2, 0) is 0 Å². The molecular formula is C17H27FN2. The molecule has 2 nitrogen and oxygen atoms in total.